The van der Waals surface area contributed by atoms with Crippen molar-refractivity contribution < 1.29 is 4.42 Å². The van der Waals surface area contributed by atoms with Gasteiger partial charge in [-0.1, -0.05) is 89.2 Å². The van der Waals surface area contributed by atoms with Gasteiger partial charge < -0.3 is 4.42 Å². The van der Waals surface area contributed by atoms with E-state index in [2.05, 4.69) is 95.2 Å². The van der Waals surface area contributed by atoms with Crippen molar-refractivity contribution in [2.45, 2.75) is 105 Å². The third kappa shape index (κ3) is 4.29. The van der Waals surface area contributed by atoms with E-state index in [0.717, 1.165) is 27.8 Å². The molecule has 0 radical (unpaired) electrons. The Morgan fingerprint density at radius 2 is 1.16 bits per heavy atom. The van der Waals surface area contributed by atoms with Gasteiger partial charge in [-0.15, -0.1) is 0 Å². The molecule has 0 fully saturated rings. The molecule has 3 rings (SSSR count). The van der Waals surface area contributed by atoms with Gasteiger partial charge in [0.2, 0.25) is 5.43 Å². The van der Waals surface area contributed by atoms with E-state index in [0.29, 0.717) is 11.5 Å². The molecule has 0 N–H and O–H groups in total. The van der Waals surface area contributed by atoms with E-state index in [4.69, 9.17) is 9.40 Å². The lowest BCUT2D eigenvalue weighted by Gasteiger charge is -2.29. The van der Waals surface area contributed by atoms with Gasteiger partial charge in [-0.05, 0) is 39.4 Å². The zero-order chi connectivity index (χ0) is 23.7. The molecule has 1 aromatic carbocycles. The lowest BCUT2D eigenvalue weighted by Crippen LogP contribution is -2.28. The van der Waals surface area contributed by atoms with Crippen LogP contribution in [0.3, 0.4) is 0 Å². The highest BCUT2D eigenvalue weighted by molar-refractivity contribution is 5.82. The summed E-state index contributed by atoms with van der Waals surface area (Å²) in [7, 11) is 0. The van der Waals surface area contributed by atoms with Gasteiger partial charge in [-0.2, -0.15) is 0 Å². The minimum atomic E-state index is -0.272. The number of rotatable bonds is 0. The summed E-state index contributed by atoms with van der Waals surface area (Å²) in [5.74, 6) is 0.618. The largest absolute Gasteiger partial charge is 0.452 e. The maximum absolute atomic E-state index is 13.5. The van der Waals surface area contributed by atoms with Crippen LogP contribution in [0.1, 0.15) is 105 Å². The Morgan fingerprint density at radius 1 is 0.645 bits per heavy atom. The summed E-state index contributed by atoms with van der Waals surface area (Å²) < 4.78 is 6.62. The van der Waals surface area contributed by atoms with Crippen LogP contribution >= 0.6 is 0 Å². The topological polar surface area (TPSA) is 43.1 Å². The van der Waals surface area contributed by atoms with Gasteiger partial charge in [0.25, 0.3) is 0 Å². The molecule has 1 aliphatic heterocycles. The Balaban J connectivity index is 2.60. The second kappa shape index (κ2) is 6.92. The first kappa shape index (κ1) is 23.5. The van der Waals surface area contributed by atoms with Crippen molar-refractivity contribution in [3.05, 3.63) is 50.7 Å². The van der Waals surface area contributed by atoms with Gasteiger partial charge in [0.1, 0.15) is 5.52 Å². The van der Waals surface area contributed by atoms with Gasteiger partial charge in [-0.3, -0.25) is 4.79 Å². The fourth-order valence-corrected chi connectivity index (χ4v) is 3.97. The molecular weight excluding hydrogens is 382 g/mol. The molecule has 168 valence electrons. The number of hydrogen-bond donors (Lipinski definition) is 0. The van der Waals surface area contributed by atoms with Crippen LogP contribution in [0.4, 0.5) is 0 Å². The van der Waals surface area contributed by atoms with E-state index in [-0.39, 0.29) is 27.1 Å². The smallest absolute Gasteiger partial charge is 0.211 e. The molecule has 0 atom stereocenters. The second-order valence-corrected chi connectivity index (χ2v) is 13.1. The number of fused-ring (bicyclic) bond motifs is 2. The molecule has 0 unspecified atom stereocenters. The van der Waals surface area contributed by atoms with Gasteiger partial charge in [0.05, 0.1) is 0 Å². The summed E-state index contributed by atoms with van der Waals surface area (Å²) in [6.45, 7) is 25.9. The summed E-state index contributed by atoms with van der Waals surface area (Å²) in [6, 6.07) is 6.38. The Bertz CT molecular complexity index is 1170. The number of nitrogens with zero attached hydrogens (tertiary/aromatic N) is 1. The highest BCUT2D eigenvalue weighted by Gasteiger charge is 2.32. The quantitative estimate of drug-likeness (QED) is 0.353. The van der Waals surface area contributed by atoms with Crippen LogP contribution in [0.5, 0.6) is 0 Å². The molecule has 0 amide bonds. The Labute approximate surface area is 187 Å². The molecule has 1 aromatic rings. The first-order valence-electron chi connectivity index (χ1n) is 11.3. The SMILES string of the molecule is CC(C)(C)c1cc(C(C)(C)C)c2oc3c(C(C)(C)C)cc(C(C)(C)C)c(=O)c-3nc2c1. The molecule has 3 nitrogen and oxygen atoms in total. The predicted molar refractivity (Wildman–Crippen MR) is 132 cm³/mol. The molecule has 0 saturated heterocycles. The lowest BCUT2D eigenvalue weighted by atomic mass is 9.78. The minimum Gasteiger partial charge on any atom is -0.452 e. The van der Waals surface area contributed by atoms with Crippen LogP contribution in [0.15, 0.2) is 27.4 Å². The second-order valence-electron chi connectivity index (χ2n) is 13.1. The van der Waals surface area contributed by atoms with Crippen LogP contribution in [0, 0.1) is 0 Å². The van der Waals surface area contributed by atoms with Gasteiger partial charge in [-0.25, -0.2) is 4.98 Å². The average Bonchev–Trinajstić information content (AvgIpc) is 2.55. The third-order valence-corrected chi connectivity index (χ3v) is 6.00. The summed E-state index contributed by atoms with van der Waals surface area (Å²) in [5.41, 5.74) is 5.48. The highest BCUT2D eigenvalue weighted by Crippen LogP contribution is 2.40. The van der Waals surface area contributed by atoms with Crippen molar-refractivity contribution in [3.63, 3.8) is 0 Å². The van der Waals surface area contributed by atoms with Crippen LogP contribution in [0.2, 0.25) is 0 Å². The molecule has 0 spiro atoms. The number of hydrogen-bond acceptors (Lipinski definition) is 3. The lowest BCUT2D eigenvalue weighted by molar-refractivity contribution is 0.519. The zero-order valence-corrected chi connectivity index (χ0v) is 21.5. The van der Waals surface area contributed by atoms with E-state index in [9.17, 15) is 4.79 Å². The first-order chi connectivity index (χ1) is 13.8. The molecule has 3 heteroatoms. The van der Waals surface area contributed by atoms with Crippen LogP contribution in [-0.2, 0) is 21.7 Å². The molecule has 1 heterocycles. The van der Waals surface area contributed by atoms with Crippen LogP contribution in [-0.4, -0.2) is 4.98 Å². The molecule has 2 aliphatic rings. The molecular formula is C28H39NO2. The first-order valence-corrected chi connectivity index (χ1v) is 11.3. The van der Waals surface area contributed by atoms with Gasteiger partial charge in [0, 0.05) is 16.7 Å². The predicted octanol–water partition coefficient (Wildman–Crippen LogP) is 7.48. The van der Waals surface area contributed by atoms with Gasteiger partial charge in [0.15, 0.2) is 17.0 Å². The fraction of sp³-hybridized carbons (Fsp3) is 0.571. The standard InChI is InChI=1S/C28H39NO2/c1-25(2,3)16-13-18(27(7,8)9)23-20(14-16)29-21-22(30)17(26(4,5)6)15-19(24(21)31-23)28(10,11)12/h13-15H,1-12H3. The summed E-state index contributed by atoms with van der Waals surface area (Å²) in [5, 5.41) is 0. The normalized spacial score (nSPS) is 13.9. The minimum absolute atomic E-state index is 0.0281. The van der Waals surface area contributed by atoms with Gasteiger partial charge >= 0.3 is 0 Å². The number of aromatic nitrogens is 1. The van der Waals surface area contributed by atoms with Crippen LogP contribution in [0.25, 0.3) is 22.6 Å². The summed E-state index contributed by atoms with van der Waals surface area (Å²) >= 11 is 0. The molecule has 0 bridgehead atoms. The van der Waals surface area contributed by atoms with E-state index < -0.39 is 0 Å². The Morgan fingerprint density at radius 3 is 1.61 bits per heavy atom. The Hall–Kier alpha value is -2.16. The summed E-state index contributed by atoms with van der Waals surface area (Å²) in [6.07, 6.45) is 0. The zero-order valence-electron chi connectivity index (χ0n) is 21.5. The van der Waals surface area contributed by atoms with Crippen molar-refractivity contribution in [1.82, 2.24) is 4.98 Å². The van der Waals surface area contributed by atoms with Crippen molar-refractivity contribution in [2.75, 3.05) is 0 Å². The van der Waals surface area contributed by atoms with E-state index in [1.165, 1.54) is 5.56 Å². The van der Waals surface area contributed by atoms with E-state index in [1.807, 2.05) is 6.07 Å². The van der Waals surface area contributed by atoms with Crippen molar-refractivity contribution in [1.29, 1.82) is 0 Å². The molecule has 31 heavy (non-hydrogen) atoms. The highest BCUT2D eigenvalue weighted by atomic mass is 16.3. The molecule has 0 aromatic heterocycles. The molecule has 1 aliphatic carbocycles. The number of benzene rings is 2. The maximum Gasteiger partial charge on any atom is 0.211 e. The average molecular weight is 422 g/mol. The van der Waals surface area contributed by atoms with E-state index in [1.54, 1.807) is 0 Å². The monoisotopic (exact) mass is 421 g/mol. The van der Waals surface area contributed by atoms with Crippen molar-refractivity contribution >= 4 is 11.1 Å². The summed E-state index contributed by atoms with van der Waals surface area (Å²) in [4.78, 5) is 18.5. The van der Waals surface area contributed by atoms with Crippen LogP contribution < -0.4 is 5.43 Å². The third-order valence-electron chi connectivity index (χ3n) is 6.00. The van der Waals surface area contributed by atoms with E-state index >= 15 is 0 Å². The fourth-order valence-electron chi connectivity index (χ4n) is 3.97. The maximum atomic E-state index is 13.5. The molecule has 0 saturated carbocycles. The van der Waals surface area contributed by atoms with Crippen molar-refractivity contribution in [2.24, 2.45) is 0 Å². The Kier molecular flexibility index (Phi) is 5.25. The van der Waals surface area contributed by atoms with Crippen molar-refractivity contribution in [3.8, 4) is 11.5 Å².